The van der Waals surface area contributed by atoms with Crippen LogP contribution >= 0.6 is 0 Å². The van der Waals surface area contributed by atoms with Crippen molar-refractivity contribution < 1.29 is 22.3 Å². The van der Waals surface area contributed by atoms with E-state index in [0.717, 1.165) is 0 Å². The molecule has 0 unspecified atom stereocenters. The number of nitrogens with zero attached hydrogens (tertiary/aromatic N) is 2. The fraction of sp³-hybridized carbons (Fsp3) is 0.714. The highest BCUT2D eigenvalue weighted by Gasteiger charge is 2.38. The Morgan fingerprint density at radius 3 is 2.43 bits per heavy atom. The third-order valence-corrected chi connectivity index (χ3v) is 1.19. The summed E-state index contributed by atoms with van der Waals surface area (Å²) in [5, 5.41) is 5.89. The first-order valence-electron chi connectivity index (χ1n) is 3.93. The van der Waals surface area contributed by atoms with Crippen molar-refractivity contribution >= 4 is 0 Å². The van der Waals surface area contributed by atoms with Gasteiger partial charge in [0, 0.05) is 0 Å². The molecule has 0 N–H and O–H groups in total. The largest absolute Gasteiger partial charge is 0.470 e. The lowest BCUT2D eigenvalue weighted by Crippen LogP contribution is -2.05. The molecule has 4 nitrogen and oxygen atoms in total. The SMILES string of the molecule is CC(C)COc1nnc(C(F)(F)F)o1. The number of ether oxygens (including phenoxy) is 1. The van der Waals surface area contributed by atoms with Crippen molar-refractivity contribution in [2.45, 2.75) is 20.0 Å². The van der Waals surface area contributed by atoms with Crippen LogP contribution in [0.4, 0.5) is 13.2 Å². The number of halogens is 3. The molecule has 0 radical (unpaired) electrons. The zero-order valence-electron chi connectivity index (χ0n) is 7.63. The summed E-state index contributed by atoms with van der Waals surface area (Å²) in [4.78, 5) is 0. The molecule has 0 saturated carbocycles. The van der Waals surface area contributed by atoms with Crippen molar-refractivity contribution in [3.05, 3.63) is 5.89 Å². The average Bonchev–Trinajstić information content (AvgIpc) is 2.47. The topological polar surface area (TPSA) is 48.2 Å². The second kappa shape index (κ2) is 3.85. The maximum Gasteiger partial charge on any atom is 0.470 e. The molecule has 0 fully saturated rings. The Bertz CT molecular complexity index is 295. The minimum atomic E-state index is -4.62. The van der Waals surface area contributed by atoms with Crippen LogP contribution < -0.4 is 4.74 Å². The van der Waals surface area contributed by atoms with Gasteiger partial charge in [-0.3, -0.25) is 0 Å². The predicted molar refractivity (Wildman–Crippen MR) is 39.6 cm³/mol. The number of aromatic nitrogens is 2. The highest BCUT2D eigenvalue weighted by Crippen LogP contribution is 2.29. The van der Waals surface area contributed by atoms with E-state index in [2.05, 4.69) is 14.6 Å². The molecule has 0 bridgehead atoms. The van der Waals surface area contributed by atoms with Crippen LogP contribution in [0.1, 0.15) is 19.7 Å². The molecule has 0 aliphatic carbocycles. The van der Waals surface area contributed by atoms with Gasteiger partial charge >= 0.3 is 18.1 Å². The molecular weight excluding hydrogens is 201 g/mol. The summed E-state index contributed by atoms with van der Waals surface area (Å²) in [7, 11) is 0. The van der Waals surface area contributed by atoms with Crippen LogP contribution in [0, 0.1) is 5.92 Å². The summed E-state index contributed by atoms with van der Waals surface area (Å²) in [5.41, 5.74) is 0. The zero-order chi connectivity index (χ0) is 10.8. The van der Waals surface area contributed by atoms with Crippen LogP contribution in [0.3, 0.4) is 0 Å². The summed E-state index contributed by atoms with van der Waals surface area (Å²) in [6, 6.07) is 0. The average molecular weight is 210 g/mol. The number of alkyl halides is 3. The van der Waals surface area contributed by atoms with Crippen LogP contribution in [-0.4, -0.2) is 16.8 Å². The van der Waals surface area contributed by atoms with Gasteiger partial charge in [-0.1, -0.05) is 24.0 Å². The van der Waals surface area contributed by atoms with E-state index in [1.807, 2.05) is 13.8 Å². The normalized spacial score (nSPS) is 12.1. The fourth-order valence-corrected chi connectivity index (χ4v) is 0.621. The van der Waals surface area contributed by atoms with Crippen molar-refractivity contribution in [2.24, 2.45) is 5.92 Å². The summed E-state index contributed by atoms with van der Waals surface area (Å²) >= 11 is 0. The van der Waals surface area contributed by atoms with E-state index in [4.69, 9.17) is 4.74 Å². The summed E-state index contributed by atoms with van der Waals surface area (Å²) in [5.74, 6) is -1.22. The molecule has 0 aliphatic rings. The quantitative estimate of drug-likeness (QED) is 0.766. The Morgan fingerprint density at radius 1 is 1.36 bits per heavy atom. The Labute approximate surface area is 78.1 Å². The van der Waals surface area contributed by atoms with E-state index in [-0.39, 0.29) is 12.5 Å². The van der Waals surface area contributed by atoms with Gasteiger partial charge in [-0.15, -0.1) is 0 Å². The van der Waals surface area contributed by atoms with Gasteiger partial charge in [-0.25, -0.2) is 0 Å². The second-order valence-corrected chi connectivity index (χ2v) is 3.08. The maximum absolute atomic E-state index is 11.9. The van der Waals surface area contributed by atoms with Gasteiger partial charge in [-0.2, -0.15) is 13.2 Å². The molecule has 14 heavy (non-hydrogen) atoms. The predicted octanol–water partition coefficient (Wildman–Crippen LogP) is 2.12. The van der Waals surface area contributed by atoms with Crippen molar-refractivity contribution in [1.29, 1.82) is 0 Å². The Kier molecular flexibility index (Phi) is 2.97. The van der Waals surface area contributed by atoms with Crippen LogP contribution in [0.15, 0.2) is 4.42 Å². The molecule has 1 aromatic heterocycles. The number of rotatable bonds is 3. The van der Waals surface area contributed by atoms with Gasteiger partial charge in [0.2, 0.25) is 0 Å². The van der Waals surface area contributed by atoms with Crippen molar-refractivity contribution in [3.8, 4) is 6.08 Å². The van der Waals surface area contributed by atoms with Crippen molar-refractivity contribution in [2.75, 3.05) is 6.61 Å². The third-order valence-electron chi connectivity index (χ3n) is 1.19. The van der Waals surface area contributed by atoms with E-state index in [1.165, 1.54) is 0 Å². The van der Waals surface area contributed by atoms with Crippen molar-refractivity contribution in [1.82, 2.24) is 10.2 Å². The number of hydrogen-bond donors (Lipinski definition) is 0. The first-order chi connectivity index (χ1) is 6.39. The van der Waals surface area contributed by atoms with E-state index in [0.29, 0.717) is 0 Å². The smallest absolute Gasteiger partial charge is 0.449 e. The molecule has 0 amide bonds. The molecule has 80 valence electrons. The molecule has 1 heterocycles. The minimum Gasteiger partial charge on any atom is -0.449 e. The lowest BCUT2D eigenvalue weighted by atomic mass is 10.2. The number of hydrogen-bond acceptors (Lipinski definition) is 4. The van der Waals surface area contributed by atoms with E-state index in [9.17, 15) is 13.2 Å². The van der Waals surface area contributed by atoms with E-state index >= 15 is 0 Å². The lowest BCUT2D eigenvalue weighted by Gasteiger charge is -2.02. The van der Waals surface area contributed by atoms with Gasteiger partial charge in [0.1, 0.15) is 0 Å². The molecule has 0 aromatic carbocycles. The monoisotopic (exact) mass is 210 g/mol. The van der Waals surface area contributed by atoms with Gasteiger partial charge in [0.25, 0.3) is 0 Å². The second-order valence-electron chi connectivity index (χ2n) is 3.08. The Hall–Kier alpha value is -1.27. The van der Waals surface area contributed by atoms with Gasteiger partial charge in [0.05, 0.1) is 6.61 Å². The molecule has 0 spiro atoms. The fourth-order valence-electron chi connectivity index (χ4n) is 0.621. The molecule has 1 aromatic rings. The molecule has 7 heteroatoms. The third kappa shape index (κ3) is 2.90. The summed E-state index contributed by atoms with van der Waals surface area (Å²) < 4.78 is 44.9. The first-order valence-corrected chi connectivity index (χ1v) is 3.93. The lowest BCUT2D eigenvalue weighted by molar-refractivity contribution is -0.158. The van der Waals surface area contributed by atoms with Crippen LogP contribution in [0.25, 0.3) is 0 Å². The first kappa shape index (κ1) is 10.8. The standard InChI is InChI=1S/C7H9F3N2O2/c1-4(2)3-13-6-12-11-5(14-6)7(8,9)10/h4H,3H2,1-2H3. The Balaban J connectivity index is 2.60. The summed E-state index contributed by atoms with van der Waals surface area (Å²) in [6.45, 7) is 3.93. The van der Waals surface area contributed by atoms with E-state index in [1.54, 1.807) is 0 Å². The Morgan fingerprint density at radius 2 is 2.00 bits per heavy atom. The molecule has 0 aliphatic heterocycles. The molecule has 0 atom stereocenters. The molecule has 1 rings (SSSR count). The van der Waals surface area contributed by atoms with Crippen LogP contribution in [0.2, 0.25) is 0 Å². The maximum atomic E-state index is 11.9. The highest BCUT2D eigenvalue weighted by atomic mass is 19.4. The van der Waals surface area contributed by atoms with Gasteiger partial charge in [-0.05, 0) is 5.92 Å². The van der Waals surface area contributed by atoms with Gasteiger partial charge < -0.3 is 9.15 Å². The van der Waals surface area contributed by atoms with Crippen molar-refractivity contribution in [3.63, 3.8) is 0 Å². The molecule has 0 saturated heterocycles. The zero-order valence-corrected chi connectivity index (χ0v) is 7.63. The molecular formula is C7H9F3N2O2. The van der Waals surface area contributed by atoms with Gasteiger partial charge in [0.15, 0.2) is 0 Å². The van der Waals surface area contributed by atoms with Crippen LogP contribution in [-0.2, 0) is 6.18 Å². The van der Waals surface area contributed by atoms with E-state index < -0.39 is 18.1 Å². The van der Waals surface area contributed by atoms with Crippen LogP contribution in [0.5, 0.6) is 6.08 Å². The highest BCUT2D eigenvalue weighted by molar-refractivity contribution is 4.89. The summed E-state index contributed by atoms with van der Waals surface area (Å²) in [6.07, 6.45) is -5.07. The minimum absolute atomic E-state index is 0.177.